The van der Waals surface area contributed by atoms with Crippen LogP contribution >= 0.6 is 0 Å². The molecule has 0 aliphatic carbocycles. The molecule has 0 saturated heterocycles. The first-order valence-electron chi connectivity index (χ1n) is 6.12. The number of benzene rings is 2. The van der Waals surface area contributed by atoms with E-state index >= 15 is 0 Å². The van der Waals surface area contributed by atoms with Gasteiger partial charge in [-0.05, 0) is 37.1 Å². The molecule has 2 aromatic carbocycles. The molecule has 0 bridgehead atoms. The van der Waals surface area contributed by atoms with Crippen LogP contribution in [0.15, 0.2) is 66.7 Å². The van der Waals surface area contributed by atoms with Gasteiger partial charge in [0, 0.05) is 5.56 Å². The first-order chi connectivity index (χ1) is 8.84. The summed E-state index contributed by atoms with van der Waals surface area (Å²) in [6.45, 7) is 2.08. The molecule has 18 heavy (non-hydrogen) atoms. The molecule has 0 aliphatic rings. The van der Waals surface area contributed by atoms with E-state index in [1.54, 1.807) is 0 Å². The van der Waals surface area contributed by atoms with Crippen LogP contribution in [0.2, 0.25) is 0 Å². The monoisotopic (exact) mass is 232 g/mol. The van der Waals surface area contributed by atoms with Crippen LogP contribution in [0.5, 0.6) is 0 Å². The van der Waals surface area contributed by atoms with Gasteiger partial charge < -0.3 is 0 Å². The molecule has 0 radical (unpaired) electrons. The Morgan fingerprint density at radius 2 is 1.67 bits per heavy atom. The normalized spacial score (nSPS) is 10.1. The number of hydrogen-bond donors (Lipinski definition) is 0. The topological polar surface area (TPSA) is 0 Å². The highest BCUT2D eigenvalue weighted by Crippen LogP contribution is 2.01. The fourth-order valence-corrected chi connectivity index (χ4v) is 1.63. The number of rotatable bonds is 2. The highest BCUT2D eigenvalue weighted by Gasteiger charge is 1.85. The molecule has 0 fully saturated rings. The Morgan fingerprint density at radius 1 is 0.944 bits per heavy atom. The zero-order valence-electron chi connectivity index (χ0n) is 10.6. The average molecular weight is 232 g/mol. The zero-order chi connectivity index (χ0) is 12.6. The Bertz CT molecular complexity index is 563. The van der Waals surface area contributed by atoms with Crippen molar-refractivity contribution in [3.63, 3.8) is 0 Å². The maximum atomic E-state index is 3.12. The Labute approximate surface area is 109 Å². The van der Waals surface area contributed by atoms with E-state index in [1.165, 1.54) is 11.1 Å². The first-order valence-corrected chi connectivity index (χ1v) is 6.12. The van der Waals surface area contributed by atoms with Crippen LogP contribution in [0.3, 0.4) is 0 Å². The second kappa shape index (κ2) is 6.47. The second-order valence-corrected chi connectivity index (χ2v) is 4.23. The lowest BCUT2D eigenvalue weighted by Crippen LogP contribution is -1.77. The predicted molar refractivity (Wildman–Crippen MR) is 77.3 cm³/mol. The Hall–Kier alpha value is -2.26. The van der Waals surface area contributed by atoms with E-state index in [1.807, 2.05) is 24.3 Å². The van der Waals surface area contributed by atoms with E-state index < -0.39 is 0 Å². The van der Waals surface area contributed by atoms with Gasteiger partial charge in [-0.3, -0.25) is 0 Å². The third-order valence-electron chi connectivity index (χ3n) is 2.67. The molecule has 0 unspecified atom stereocenters. The Kier molecular flexibility index (Phi) is 4.39. The van der Waals surface area contributed by atoms with Gasteiger partial charge in [0.2, 0.25) is 0 Å². The van der Waals surface area contributed by atoms with Gasteiger partial charge in [0.15, 0.2) is 0 Å². The molecule has 0 N–H and O–H groups in total. The molecular formula is C18H16. The maximum Gasteiger partial charge on any atom is 0.0248 e. The number of allylic oxidation sites excluding steroid dienone is 2. The zero-order valence-corrected chi connectivity index (χ0v) is 10.6. The summed E-state index contributed by atoms with van der Waals surface area (Å²) in [7, 11) is 0. The molecule has 0 aliphatic heterocycles. The minimum Gasteiger partial charge on any atom is -0.0717 e. The summed E-state index contributed by atoms with van der Waals surface area (Å²) in [6, 6.07) is 18.7. The van der Waals surface area contributed by atoms with Crippen molar-refractivity contribution in [1.82, 2.24) is 0 Å². The van der Waals surface area contributed by atoms with Crippen LogP contribution in [-0.4, -0.2) is 0 Å². The average Bonchev–Trinajstić information content (AvgIpc) is 2.42. The van der Waals surface area contributed by atoms with E-state index in [0.29, 0.717) is 0 Å². The van der Waals surface area contributed by atoms with Crippen LogP contribution in [0.25, 0.3) is 0 Å². The van der Waals surface area contributed by atoms with Crippen LogP contribution in [-0.2, 0) is 6.42 Å². The predicted octanol–water partition coefficient (Wildman–Crippen LogP) is 4.15. The second-order valence-electron chi connectivity index (χ2n) is 4.23. The van der Waals surface area contributed by atoms with Gasteiger partial charge in [-0.2, -0.15) is 0 Å². The Morgan fingerprint density at radius 3 is 2.39 bits per heavy atom. The van der Waals surface area contributed by atoms with Crippen LogP contribution < -0.4 is 0 Å². The van der Waals surface area contributed by atoms with E-state index in [0.717, 1.165) is 12.0 Å². The summed E-state index contributed by atoms with van der Waals surface area (Å²) < 4.78 is 0. The van der Waals surface area contributed by atoms with Crippen molar-refractivity contribution in [1.29, 1.82) is 0 Å². The largest absolute Gasteiger partial charge is 0.0717 e. The lowest BCUT2D eigenvalue weighted by molar-refractivity contribution is 1.27. The minimum atomic E-state index is 0.934. The molecular weight excluding hydrogens is 216 g/mol. The first kappa shape index (κ1) is 12.2. The summed E-state index contributed by atoms with van der Waals surface area (Å²) >= 11 is 0. The van der Waals surface area contributed by atoms with Gasteiger partial charge >= 0.3 is 0 Å². The standard InChI is InChI=1S/C18H16/c1-16-12-14-18(15-13-16)11-7-3-6-10-17-8-4-2-5-9-17/h2-6,8-9,12-15H,10H2,1H3/b6-3+. The molecule has 0 spiro atoms. The van der Waals surface area contributed by atoms with Gasteiger partial charge in [-0.25, -0.2) is 0 Å². The summed E-state index contributed by atoms with van der Waals surface area (Å²) in [5.74, 6) is 6.18. The molecule has 0 atom stereocenters. The van der Waals surface area contributed by atoms with Crippen LogP contribution in [0.4, 0.5) is 0 Å². The van der Waals surface area contributed by atoms with Crippen molar-refractivity contribution >= 4 is 0 Å². The summed E-state index contributed by atoms with van der Waals surface area (Å²) in [5, 5.41) is 0. The molecule has 0 saturated carbocycles. The SMILES string of the molecule is Cc1ccc(C#C/C=C/Cc2ccccc2)cc1. The Balaban J connectivity index is 1.90. The van der Waals surface area contributed by atoms with Gasteiger partial charge in [-0.1, -0.05) is 65.9 Å². The van der Waals surface area contributed by atoms with Crippen molar-refractivity contribution in [3.8, 4) is 11.8 Å². The van der Waals surface area contributed by atoms with Crippen LogP contribution in [0.1, 0.15) is 16.7 Å². The number of aryl methyl sites for hydroxylation is 1. The molecule has 88 valence electrons. The highest BCUT2D eigenvalue weighted by molar-refractivity contribution is 5.38. The summed E-state index contributed by atoms with van der Waals surface area (Å²) in [5.41, 5.74) is 3.64. The van der Waals surface area contributed by atoms with Gasteiger partial charge in [0.05, 0.1) is 0 Å². The number of hydrogen-bond acceptors (Lipinski definition) is 0. The fraction of sp³-hybridized carbons (Fsp3) is 0.111. The van der Waals surface area contributed by atoms with Crippen LogP contribution in [0, 0.1) is 18.8 Å². The van der Waals surface area contributed by atoms with E-state index in [9.17, 15) is 0 Å². The van der Waals surface area contributed by atoms with Crippen molar-refractivity contribution in [3.05, 3.63) is 83.4 Å². The summed E-state index contributed by atoms with van der Waals surface area (Å²) in [4.78, 5) is 0. The molecule has 0 heteroatoms. The lowest BCUT2D eigenvalue weighted by atomic mass is 10.1. The van der Waals surface area contributed by atoms with Crippen molar-refractivity contribution in [2.45, 2.75) is 13.3 Å². The molecule has 0 heterocycles. The molecule has 0 aromatic heterocycles. The third-order valence-corrected chi connectivity index (χ3v) is 2.67. The third kappa shape index (κ3) is 3.96. The van der Waals surface area contributed by atoms with E-state index in [4.69, 9.17) is 0 Å². The van der Waals surface area contributed by atoms with E-state index in [-0.39, 0.29) is 0 Å². The van der Waals surface area contributed by atoms with Gasteiger partial charge in [-0.15, -0.1) is 0 Å². The maximum absolute atomic E-state index is 3.12. The highest BCUT2D eigenvalue weighted by atomic mass is 13.9. The van der Waals surface area contributed by atoms with Crippen molar-refractivity contribution in [2.24, 2.45) is 0 Å². The minimum absolute atomic E-state index is 0.934. The smallest absolute Gasteiger partial charge is 0.0248 e. The van der Waals surface area contributed by atoms with Gasteiger partial charge in [0.25, 0.3) is 0 Å². The van der Waals surface area contributed by atoms with Crippen molar-refractivity contribution < 1.29 is 0 Å². The molecule has 2 aromatic rings. The van der Waals surface area contributed by atoms with Gasteiger partial charge in [0.1, 0.15) is 0 Å². The molecule has 0 nitrogen and oxygen atoms in total. The molecule has 2 rings (SSSR count). The molecule has 0 amide bonds. The van der Waals surface area contributed by atoms with E-state index in [2.05, 4.69) is 61.2 Å². The quantitative estimate of drug-likeness (QED) is 0.682. The summed E-state index contributed by atoms with van der Waals surface area (Å²) in [6.07, 6.45) is 4.95. The van der Waals surface area contributed by atoms with Crippen molar-refractivity contribution in [2.75, 3.05) is 0 Å². The fourth-order valence-electron chi connectivity index (χ4n) is 1.63. The lowest BCUT2D eigenvalue weighted by Gasteiger charge is -1.92.